The lowest BCUT2D eigenvalue weighted by Crippen LogP contribution is -2.34. The standard InChI is InChI=1S/C15H25N3O2/c1-3-5-15(14(19)20)6-8-17(11-15)10-13-9-16-12-18(13)7-4-2/h9,12H,3-8,10-11H2,1-2H3,(H,19,20). The molecule has 112 valence electrons. The van der Waals surface area contributed by atoms with Gasteiger partial charge in [0, 0.05) is 25.8 Å². The summed E-state index contributed by atoms with van der Waals surface area (Å²) in [5, 5.41) is 9.53. The van der Waals surface area contributed by atoms with Crippen LogP contribution in [-0.4, -0.2) is 38.6 Å². The number of aromatic nitrogens is 2. The van der Waals surface area contributed by atoms with Gasteiger partial charge in [-0.05, 0) is 25.8 Å². The summed E-state index contributed by atoms with van der Waals surface area (Å²) in [6.07, 6.45) is 7.30. The molecule has 1 aliphatic rings. The Labute approximate surface area is 120 Å². The maximum Gasteiger partial charge on any atom is 0.310 e. The lowest BCUT2D eigenvalue weighted by molar-refractivity contribution is -0.148. The molecule has 0 aliphatic carbocycles. The average molecular weight is 279 g/mol. The van der Waals surface area contributed by atoms with E-state index in [0.29, 0.717) is 6.54 Å². The third-order valence-corrected chi connectivity index (χ3v) is 4.26. The van der Waals surface area contributed by atoms with Crippen LogP contribution in [0.25, 0.3) is 0 Å². The van der Waals surface area contributed by atoms with Gasteiger partial charge in [0.15, 0.2) is 0 Å². The van der Waals surface area contributed by atoms with Crippen LogP contribution >= 0.6 is 0 Å². The van der Waals surface area contributed by atoms with Gasteiger partial charge in [-0.25, -0.2) is 4.98 Å². The van der Waals surface area contributed by atoms with Crippen molar-refractivity contribution in [2.24, 2.45) is 5.41 Å². The Morgan fingerprint density at radius 2 is 2.25 bits per heavy atom. The van der Waals surface area contributed by atoms with Gasteiger partial charge in [-0.3, -0.25) is 9.69 Å². The normalized spacial score (nSPS) is 23.3. The van der Waals surface area contributed by atoms with E-state index in [2.05, 4.69) is 28.3 Å². The third kappa shape index (κ3) is 3.03. The summed E-state index contributed by atoms with van der Waals surface area (Å²) < 4.78 is 2.17. The van der Waals surface area contributed by atoms with Crippen molar-refractivity contribution in [3.8, 4) is 0 Å². The number of aliphatic carboxylic acids is 1. The SMILES string of the molecule is CCCn1cncc1CN1CCC(CCC)(C(=O)O)C1. The minimum atomic E-state index is -0.635. The van der Waals surface area contributed by atoms with E-state index >= 15 is 0 Å². The summed E-state index contributed by atoms with van der Waals surface area (Å²) in [4.78, 5) is 18.1. The maximum absolute atomic E-state index is 11.6. The highest BCUT2D eigenvalue weighted by Gasteiger charge is 2.43. The summed E-state index contributed by atoms with van der Waals surface area (Å²) >= 11 is 0. The fourth-order valence-electron chi connectivity index (χ4n) is 3.21. The number of carbonyl (C=O) groups is 1. The van der Waals surface area contributed by atoms with Crippen LogP contribution in [0.3, 0.4) is 0 Å². The number of nitrogens with zero attached hydrogens (tertiary/aromatic N) is 3. The van der Waals surface area contributed by atoms with Crippen molar-refractivity contribution < 1.29 is 9.90 Å². The molecule has 0 amide bonds. The molecule has 2 heterocycles. The first-order valence-electron chi connectivity index (χ1n) is 7.56. The summed E-state index contributed by atoms with van der Waals surface area (Å²) in [6, 6.07) is 0. The predicted octanol–water partition coefficient (Wildman–Crippen LogP) is 2.37. The second-order valence-electron chi connectivity index (χ2n) is 5.87. The molecule has 1 aromatic heterocycles. The number of aryl methyl sites for hydroxylation is 1. The molecular formula is C15H25N3O2. The van der Waals surface area contributed by atoms with Crippen molar-refractivity contribution in [1.82, 2.24) is 14.5 Å². The monoisotopic (exact) mass is 279 g/mol. The van der Waals surface area contributed by atoms with Gasteiger partial charge >= 0.3 is 5.97 Å². The predicted molar refractivity (Wildman–Crippen MR) is 77.4 cm³/mol. The van der Waals surface area contributed by atoms with Gasteiger partial charge in [0.25, 0.3) is 0 Å². The fraction of sp³-hybridized carbons (Fsp3) is 0.733. The molecule has 1 fully saturated rings. The minimum Gasteiger partial charge on any atom is -0.481 e. The summed E-state index contributed by atoms with van der Waals surface area (Å²) in [6.45, 7) is 7.51. The van der Waals surface area contributed by atoms with Crippen LogP contribution in [0.2, 0.25) is 0 Å². The van der Waals surface area contributed by atoms with Crippen molar-refractivity contribution >= 4 is 5.97 Å². The smallest absolute Gasteiger partial charge is 0.310 e. The molecule has 1 N–H and O–H groups in total. The summed E-state index contributed by atoms with van der Waals surface area (Å²) in [5.74, 6) is -0.635. The number of hydrogen-bond acceptors (Lipinski definition) is 3. The molecule has 5 nitrogen and oxygen atoms in total. The molecule has 1 aromatic rings. The average Bonchev–Trinajstić information content (AvgIpc) is 3.00. The zero-order valence-corrected chi connectivity index (χ0v) is 12.5. The number of imidazole rings is 1. The number of rotatable bonds is 7. The first-order valence-corrected chi connectivity index (χ1v) is 7.56. The van der Waals surface area contributed by atoms with Crippen molar-refractivity contribution in [3.05, 3.63) is 18.2 Å². The summed E-state index contributed by atoms with van der Waals surface area (Å²) in [5.41, 5.74) is 0.647. The van der Waals surface area contributed by atoms with E-state index in [0.717, 1.165) is 45.3 Å². The Bertz CT molecular complexity index is 458. The van der Waals surface area contributed by atoms with Gasteiger partial charge in [-0.1, -0.05) is 20.3 Å². The Balaban J connectivity index is 2.02. The molecule has 20 heavy (non-hydrogen) atoms. The van der Waals surface area contributed by atoms with Gasteiger partial charge in [-0.2, -0.15) is 0 Å². The van der Waals surface area contributed by atoms with Gasteiger partial charge in [-0.15, -0.1) is 0 Å². The molecule has 1 atom stereocenters. The quantitative estimate of drug-likeness (QED) is 0.832. The minimum absolute atomic E-state index is 0.537. The van der Waals surface area contributed by atoms with Crippen LogP contribution in [0.5, 0.6) is 0 Å². The molecule has 0 saturated carbocycles. The molecule has 0 aromatic carbocycles. The second-order valence-corrected chi connectivity index (χ2v) is 5.87. The van der Waals surface area contributed by atoms with E-state index in [1.165, 1.54) is 5.69 Å². The highest BCUT2D eigenvalue weighted by Crippen LogP contribution is 2.36. The van der Waals surface area contributed by atoms with Crippen LogP contribution in [-0.2, 0) is 17.9 Å². The Hall–Kier alpha value is -1.36. The molecule has 5 heteroatoms. The third-order valence-electron chi connectivity index (χ3n) is 4.26. The van der Waals surface area contributed by atoms with Gasteiger partial charge in [0.1, 0.15) is 0 Å². The zero-order valence-electron chi connectivity index (χ0n) is 12.5. The van der Waals surface area contributed by atoms with E-state index in [1.54, 1.807) is 0 Å². The topological polar surface area (TPSA) is 58.4 Å². The zero-order chi connectivity index (χ0) is 14.6. The Morgan fingerprint density at radius 1 is 1.45 bits per heavy atom. The number of carboxylic acid groups (broad SMARTS) is 1. The molecule has 2 rings (SSSR count). The van der Waals surface area contributed by atoms with Crippen LogP contribution in [0.15, 0.2) is 12.5 Å². The number of carboxylic acids is 1. The molecule has 0 bridgehead atoms. The van der Waals surface area contributed by atoms with Gasteiger partial charge < -0.3 is 9.67 Å². The van der Waals surface area contributed by atoms with Crippen molar-refractivity contribution in [3.63, 3.8) is 0 Å². The molecule has 1 unspecified atom stereocenters. The molecule has 0 radical (unpaired) electrons. The van der Waals surface area contributed by atoms with Crippen molar-refractivity contribution in [2.75, 3.05) is 13.1 Å². The molecular weight excluding hydrogens is 254 g/mol. The molecule has 1 aliphatic heterocycles. The Morgan fingerprint density at radius 3 is 2.90 bits per heavy atom. The number of hydrogen-bond donors (Lipinski definition) is 1. The van der Waals surface area contributed by atoms with Crippen LogP contribution in [0.1, 0.15) is 45.2 Å². The second kappa shape index (κ2) is 6.39. The van der Waals surface area contributed by atoms with E-state index in [9.17, 15) is 9.90 Å². The van der Waals surface area contributed by atoms with E-state index in [1.807, 2.05) is 12.5 Å². The highest BCUT2D eigenvalue weighted by molar-refractivity contribution is 5.75. The summed E-state index contributed by atoms with van der Waals surface area (Å²) in [7, 11) is 0. The van der Waals surface area contributed by atoms with Gasteiger partial charge in [0.05, 0.1) is 17.4 Å². The lowest BCUT2D eigenvalue weighted by Gasteiger charge is -2.24. The fourth-order valence-corrected chi connectivity index (χ4v) is 3.21. The van der Waals surface area contributed by atoms with Crippen LogP contribution < -0.4 is 0 Å². The Kier molecular flexibility index (Phi) is 4.81. The van der Waals surface area contributed by atoms with Crippen LogP contribution in [0.4, 0.5) is 0 Å². The van der Waals surface area contributed by atoms with E-state index in [-0.39, 0.29) is 0 Å². The maximum atomic E-state index is 11.6. The van der Waals surface area contributed by atoms with Crippen molar-refractivity contribution in [1.29, 1.82) is 0 Å². The number of likely N-dealkylation sites (tertiary alicyclic amines) is 1. The first kappa shape index (κ1) is 15.0. The lowest BCUT2D eigenvalue weighted by atomic mass is 9.83. The van der Waals surface area contributed by atoms with Crippen LogP contribution in [0, 0.1) is 5.41 Å². The van der Waals surface area contributed by atoms with E-state index in [4.69, 9.17) is 0 Å². The molecule has 0 spiro atoms. The van der Waals surface area contributed by atoms with Crippen molar-refractivity contribution in [2.45, 2.75) is 52.6 Å². The largest absolute Gasteiger partial charge is 0.481 e. The first-order chi connectivity index (χ1) is 9.61. The molecule has 1 saturated heterocycles. The van der Waals surface area contributed by atoms with E-state index < -0.39 is 11.4 Å². The van der Waals surface area contributed by atoms with Gasteiger partial charge in [0.2, 0.25) is 0 Å². The highest BCUT2D eigenvalue weighted by atomic mass is 16.4.